The lowest BCUT2D eigenvalue weighted by atomic mass is 10.2. The van der Waals surface area contributed by atoms with Crippen molar-refractivity contribution in [2.24, 2.45) is 0 Å². The molecule has 1 amide bonds. The number of nitrogens with zero attached hydrogens (tertiary/aromatic N) is 1. The molecular weight excluding hydrogens is 300 g/mol. The van der Waals surface area contributed by atoms with E-state index in [-0.39, 0.29) is 12.5 Å². The second-order valence-electron chi connectivity index (χ2n) is 5.05. The van der Waals surface area contributed by atoms with Crippen molar-refractivity contribution < 1.29 is 23.6 Å². The van der Waals surface area contributed by atoms with Crippen molar-refractivity contribution in [2.45, 2.75) is 26.9 Å². The quantitative estimate of drug-likeness (QED) is 0.821. The average Bonchev–Trinajstić information content (AvgIpc) is 2.93. The SMILES string of the molecule is Cc1ccc(NC(=O)[C@H](C)OC(=O)COc2cc(C)on2)cc1. The summed E-state index contributed by atoms with van der Waals surface area (Å²) in [6.07, 6.45) is -0.938. The first-order valence-corrected chi connectivity index (χ1v) is 7.07. The zero-order valence-corrected chi connectivity index (χ0v) is 13.2. The highest BCUT2D eigenvalue weighted by molar-refractivity contribution is 5.95. The number of rotatable bonds is 6. The Balaban J connectivity index is 1.78. The second kappa shape index (κ2) is 7.44. The van der Waals surface area contributed by atoms with E-state index in [1.807, 2.05) is 19.1 Å². The summed E-state index contributed by atoms with van der Waals surface area (Å²) in [6, 6.07) is 8.84. The van der Waals surface area contributed by atoms with Crippen LogP contribution in [0.25, 0.3) is 0 Å². The van der Waals surface area contributed by atoms with Crippen molar-refractivity contribution in [1.29, 1.82) is 0 Å². The van der Waals surface area contributed by atoms with Gasteiger partial charge >= 0.3 is 5.97 Å². The first kappa shape index (κ1) is 16.5. The number of benzene rings is 1. The molecule has 0 saturated heterocycles. The van der Waals surface area contributed by atoms with Crippen LogP contribution < -0.4 is 10.1 Å². The number of hydrogen-bond donors (Lipinski definition) is 1. The molecule has 0 saturated carbocycles. The number of carbonyl (C=O) groups is 2. The van der Waals surface area contributed by atoms with Gasteiger partial charge in [0.05, 0.1) is 0 Å². The van der Waals surface area contributed by atoms with Gasteiger partial charge in [-0.25, -0.2) is 4.79 Å². The Morgan fingerprint density at radius 1 is 1.26 bits per heavy atom. The predicted molar refractivity (Wildman–Crippen MR) is 82.1 cm³/mol. The number of aromatic nitrogens is 1. The van der Waals surface area contributed by atoms with E-state index in [0.717, 1.165) is 5.56 Å². The van der Waals surface area contributed by atoms with Crippen LogP contribution in [0.4, 0.5) is 5.69 Å². The van der Waals surface area contributed by atoms with Crippen LogP contribution in [0.5, 0.6) is 5.88 Å². The summed E-state index contributed by atoms with van der Waals surface area (Å²) in [4.78, 5) is 23.6. The van der Waals surface area contributed by atoms with Gasteiger partial charge in [-0.15, -0.1) is 0 Å². The Morgan fingerprint density at radius 2 is 1.96 bits per heavy atom. The molecule has 7 heteroatoms. The molecule has 2 rings (SSSR count). The van der Waals surface area contributed by atoms with E-state index >= 15 is 0 Å². The van der Waals surface area contributed by atoms with Gasteiger partial charge in [-0.2, -0.15) is 0 Å². The minimum absolute atomic E-state index is 0.191. The molecular formula is C16H18N2O5. The maximum absolute atomic E-state index is 12.0. The van der Waals surface area contributed by atoms with Crippen LogP contribution in [0.3, 0.4) is 0 Å². The Hall–Kier alpha value is -2.83. The molecule has 1 aromatic carbocycles. The van der Waals surface area contributed by atoms with Crippen molar-refractivity contribution in [1.82, 2.24) is 5.16 Å². The van der Waals surface area contributed by atoms with Gasteiger partial charge in [0, 0.05) is 11.8 Å². The fourth-order valence-corrected chi connectivity index (χ4v) is 1.71. The van der Waals surface area contributed by atoms with Crippen LogP contribution in [0.2, 0.25) is 0 Å². The number of ether oxygens (including phenoxy) is 2. The number of hydrogen-bond acceptors (Lipinski definition) is 6. The summed E-state index contributed by atoms with van der Waals surface area (Å²) < 4.78 is 14.9. The predicted octanol–water partition coefficient (Wildman–Crippen LogP) is 2.24. The molecule has 0 aliphatic heterocycles. The first-order valence-electron chi connectivity index (χ1n) is 7.07. The van der Waals surface area contributed by atoms with Gasteiger partial charge in [0.1, 0.15) is 5.76 Å². The summed E-state index contributed by atoms with van der Waals surface area (Å²) in [7, 11) is 0. The second-order valence-corrected chi connectivity index (χ2v) is 5.05. The Morgan fingerprint density at radius 3 is 2.57 bits per heavy atom. The Bertz CT molecular complexity index is 678. The van der Waals surface area contributed by atoms with Crippen LogP contribution >= 0.6 is 0 Å². The zero-order chi connectivity index (χ0) is 16.8. The molecule has 1 aromatic heterocycles. The number of nitrogens with one attached hydrogen (secondary N) is 1. The molecule has 122 valence electrons. The van der Waals surface area contributed by atoms with Crippen LogP contribution in [0.1, 0.15) is 18.2 Å². The van der Waals surface area contributed by atoms with Crippen LogP contribution in [-0.2, 0) is 14.3 Å². The average molecular weight is 318 g/mol. The summed E-state index contributed by atoms with van der Waals surface area (Å²) in [5.41, 5.74) is 1.72. The van der Waals surface area contributed by atoms with E-state index in [1.165, 1.54) is 6.92 Å². The summed E-state index contributed by atoms with van der Waals surface area (Å²) in [5.74, 6) is -0.327. The number of amides is 1. The van der Waals surface area contributed by atoms with Gasteiger partial charge in [0.2, 0.25) is 0 Å². The standard InChI is InChI=1S/C16H18N2O5/c1-10-4-6-13(7-5-10)17-16(20)12(3)22-15(19)9-21-14-8-11(2)23-18-14/h4-8,12H,9H2,1-3H3,(H,17,20)/t12-/m0/s1. The topological polar surface area (TPSA) is 90.7 Å². The zero-order valence-electron chi connectivity index (χ0n) is 13.2. The van der Waals surface area contributed by atoms with Gasteiger partial charge in [-0.1, -0.05) is 17.7 Å². The highest BCUT2D eigenvalue weighted by Gasteiger charge is 2.18. The van der Waals surface area contributed by atoms with Gasteiger partial charge in [0.25, 0.3) is 11.8 Å². The van der Waals surface area contributed by atoms with Gasteiger partial charge in [-0.3, -0.25) is 4.79 Å². The van der Waals surface area contributed by atoms with E-state index in [9.17, 15) is 9.59 Å². The number of carbonyl (C=O) groups excluding carboxylic acids is 2. The number of anilines is 1. The van der Waals surface area contributed by atoms with Crippen LogP contribution in [-0.4, -0.2) is 29.7 Å². The minimum atomic E-state index is -0.938. The van der Waals surface area contributed by atoms with Gasteiger partial charge in [-0.05, 0) is 38.1 Å². The molecule has 0 aliphatic carbocycles. The minimum Gasteiger partial charge on any atom is -0.463 e. The van der Waals surface area contributed by atoms with E-state index in [1.54, 1.807) is 25.1 Å². The smallest absolute Gasteiger partial charge is 0.345 e. The highest BCUT2D eigenvalue weighted by atomic mass is 16.6. The molecule has 0 aliphatic rings. The molecule has 2 aromatic rings. The Labute approximate surface area is 133 Å². The Kier molecular flexibility index (Phi) is 5.35. The van der Waals surface area contributed by atoms with E-state index in [2.05, 4.69) is 10.5 Å². The molecule has 23 heavy (non-hydrogen) atoms. The van der Waals surface area contributed by atoms with Crippen molar-refractivity contribution in [3.63, 3.8) is 0 Å². The molecule has 0 spiro atoms. The maximum Gasteiger partial charge on any atom is 0.345 e. The summed E-state index contributed by atoms with van der Waals surface area (Å²) in [5, 5.41) is 6.25. The van der Waals surface area contributed by atoms with E-state index < -0.39 is 18.0 Å². The molecule has 7 nitrogen and oxygen atoms in total. The third kappa shape index (κ3) is 5.14. The number of aryl methyl sites for hydroxylation is 2. The van der Waals surface area contributed by atoms with E-state index in [4.69, 9.17) is 14.0 Å². The van der Waals surface area contributed by atoms with Crippen molar-refractivity contribution in [3.05, 3.63) is 41.7 Å². The first-order chi connectivity index (χ1) is 10.9. The lowest BCUT2D eigenvalue weighted by Crippen LogP contribution is -2.31. The van der Waals surface area contributed by atoms with Gasteiger partial charge < -0.3 is 19.3 Å². The molecule has 1 atom stereocenters. The third-order valence-electron chi connectivity index (χ3n) is 2.94. The molecule has 0 fully saturated rings. The molecule has 0 unspecified atom stereocenters. The van der Waals surface area contributed by atoms with Gasteiger partial charge in [0.15, 0.2) is 12.7 Å². The van der Waals surface area contributed by atoms with Crippen LogP contribution in [0, 0.1) is 13.8 Å². The van der Waals surface area contributed by atoms with Crippen LogP contribution in [0.15, 0.2) is 34.9 Å². The lowest BCUT2D eigenvalue weighted by molar-refractivity contribution is -0.155. The molecule has 0 radical (unpaired) electrons. The van der Waals surface area contributed by atoms with E-state index in [0.29, 0.717) is 11.4 Å². The maximum atomic E-state index is 12.0. The van der Waals surface area contributed by atoms with Crippen molar-refractivity contribution in [2.75, 3.05) is 11.9 Å². The molecule has 0 bridgehead atoms. The summed E-state index contributed by atoms with van der Waals surface area (Å²) in [6.45, 7) is 4.79. The van der Waals surface area contributed by atoms with Crippen molar-refractivity contribution >= 4 is 17.6 Å². The third-order valence-corrected chi connectivity index (χ3v) is 2.94. The summed E-state index contributed by atoms with van der Waals surface area (Å²) >= 11 is 0. The van der Waals surface area contributed by atoms with Crippen molar-refractivity contribution in [3.8, 4) is 5.88 Å². The monoisotopic (exact) mass is 318 g/mol. The highest BCUT2D eigenvalue weighted by Crippen LogP contribution is 2.11. The largest absolute Gasteiger partial charge is 0.463 e. The normalized spacial score (nSPS) is 11.6. The molecule has 1 heterocycles. The fourth-order valence-electron chi connectivity index (χ4n) is 1.71. The number of esters is 1. The lowest BCUT2D eigenvalue weighted by Gasteiger charge is -2.13. The molecule has 1 N–H and O–H groups in total. The fraction of sp³-hybridized carbons (Fsp3) is 0.312.